The molecule has 84 valence electrons. The van der Waals surface area contributed by atoms with E-state index in [0.29, 0.717) is 22.4 Å². The Labute approximate surface area is 98.0 Å². The monoisotopic (exact) mass is 250 g/mol. The molecular weight excluding hydrogens is 238 g/mol. The highest BCUT2D eigenvalue weighted by atomic mass is 35.5. The van der Waals surface area contributed by atoms with Crippen molar-refractivity contribution in [3.05, 3.63) is 35.4 Å². The summed E-state index contributed by atoms with van der Waals surface area (Å²) in [6, 6.07) is 3.61. The van der Waals surface area contributed by atoms with Gasteiger partial charge in [0.2, 0.25) is 0 Å². The van der Waals surface area contributed by atoms with Gasteiger partial charge in [-0.3, -0.25) is 0 Å². The molecule has 0 aliphatic heterocycles. The van der Waals surface area contributed by atoms with Gasteiger partial charge in [0.15, 0.2) is 0 Å². The lowest BCUT2D eigenvalue weighted by Gasteiger charge is -2.09. The van der Waals surface area contributed by atoms with Crippen LogP contribution in [0.1, 0.15) is 18.9 Å². The Morgan fingerprint density at radius 2 is 1.87 bits per heavy atom. The summed E-state index contributed by atoms with van der Waals surface area (Å²) in [4.78, 5) is 0. The molecule has 4 heteroatoms. The lowest BCUT2D eigenvalue weighted by atomic mass is 10.2. The van der Waals surface area contributed by atoms with Gasteiger partial charge in [-0.15, -0.1) is 11.6 Å². The summed E-state index contributed by atoms with van der Waals surface area (Å²) in [5, 5.41) is 0.411. The minimum Gasteiger partial charge on any atom is -0.207 e. The second-order valence-electron chi connectivity index (χ2n) is 3.38. The van der Waals surface area contributed by atoms with Crippen molar-refractivity contribution >= 4 is 23.4 Å². The molecule has 1 atom stereocenters. The van der Waals surface area contributed by atoms with Crippen molar-refractivity contribution in [1.29, 1.82) is 0 Å². The van der Waals surface area contributed by atoms with Crippen LogP contribution in [-0.4, -0.2) is 11.1 Å². The van der Waals surface area contributed by atoms with Crippen molar-refractivity contribution in [2.75, 3.05) is 5.88 Å². The molecule has 1 unspecified atom stereocenters. The number of alkyl halides is 1. The van der Waals surface area contributed by atoms with E-state index in [0.717, 1.165) is 12.5 Å². The van der Waals surface area contributed by atoms with Gasteiger partial charge in [-0.2, -0.15) is 11.8 Å². The van der Waals surface area contributed by atoms with Crippen LogP contribution in [0.4, 0.5) is 8.78 Å². The van der Waals surface area contributed by atoms with E-state index in [2.05, 4.69) is 6.92 Å². The zero-order chi connectivity index (χ0) is 11.3. The van der Waals surface area contributed by atoms with E-state index >= 15 is 0 Å². The predicted molar refractivity (Wildman–Crippen MR) is 62.5 cm³/mol. The molecule has 1 aromatic rings. The third-order valence-corrected chi connectivity index (χ3v) is 3.50. The van der Waals surface area contributed by atoms with Gasteiger partial charge in [0.25, 0.3) is 0 Å². The number of benzene rings is 1. The first-order valence-electron chi connectivity index (χ1n) is 4.74. The number of hydrogen-bond acceptors (Lipinski definition) is 1. The Bertz CT molecular complexity index is 297. The minimum atomic E-state index is -0.518. The second kappa shape index (κ2) is 6.33. The molecule has 0 radical (unpaired) electrons. The van der Waals surface area contributed by atoms with Crippen LogP contribution in [0.2, 0.25) is 0 Å². The van der Waals surface area contributed by atoms with Gasteiger partial charge in [0.05, 0.1) is 0 Å². The second-order valence-corrected chi connectivity index (χ2v) is 5.18. The lowest BCUT2D eigenvalue weighted by molar-refractivity contribution is 0.581. The highest BCUT2D eigenvalue weighted by Crippen LogP contribution is 2.21. The first-order valence-corrected chi connectivity index (χ1v) is 6.32. The maximum absolute atomic E-state index is 12.8. The van der Waals surface area contributed by atoms with Crippen LogP contribution >= 0.6 is 23.4 Å². The standard InChI is InChI=1S/C11H13ClF2S/c1-8(2-3-12)15-7-9-4-10(13)6-11(14)5-9/h4-6,8H,2-3,7H2,1H3. The molecule has 0 spiro atoms. The van der Waals surface area contributed by atoms with Gasteiger partial charge in [0, 0.05) is 22.9 Å². The Kier molecular flexibility index (Phi) is 5.40. The smallest absolute Gasteiger partial charge is 0.126 e. The molecule has 0 amide bonds. The molecule has 0 aromatic heterocycles. The molecule has 0 bridgehead atoms. The zero-order valence-electron chi connectivity index (χ0n) is 8.47. The normalized spacial score (nSPS) is 12.8. The van der Waals surface area contributed by atoms with Crippen molar-refractivity contribution in [2.45, 2.75) is 24.3 Å². The van der Waals surface area contributed by atoms with Gasteiger partial charge in [0.1, 0.15) is 11.6 Å². The predicted octanol–water partition coefficient (Wildman–Crippen LogP) is 4.22. The topological polar surface area (TPSA) is 0 Å². The van der Waals surface area contributed by atoms with E-state index in [1.54, 1.807) is 11.8 Å². The highest BCUT2D eigenvalue weighted by Gasteiger charge is 2.04. The zero-order valence-corrected chi connectivity index (χ0v) is 10.0. The molecule has 15 heavy (non-hydrogen) atoms. The molecule has 0 nitrogen and oxygen atoms in total. The van der Waals surface area contributed by atoms with Crippen LogP contribution in [0.5, 0.6) is 0 Å². The maximum Gasteiger partial charge on any atom is 0.126 e. The fourth-order valence-electron chi connectivity index (χ4n) is 1.17. The van der Waals surface area contributed by atoms with Crippen LogP contribution in [0.25, 0.3) is 0 Å². The third-order valence-electron chi connectivity index (χ3n) is 1.97. The quantitative estimate of drug-likeness (QED) is 0.706. The van der Waals surface area contributed by atoms with Gasteiger partial charge in [-0.25, -0.2) is 8.78 Å². The average Bonchev–Trinajstić information content (AvgIpc) is 2.14. The number of hydrogen-bond donors (Lipinski definition) is 0. The van der Waals surface area contributed by atoms with Crippen LogP contribution < -0.4 is 0 Å². The first-order chi connectivity index (χ1) is 7.11. The van der Waals surface area contributed by atoms with E-state index in [1.165, 1.54) is 12.1 Å². The van der Waals surface area contributed by atoms with Crippen molar-refractivity contribution in [1.82, 2.24) is 0 Å². The largest absolute Gasteiger partial charge is 0.207 e. The Hall–Kier alpha value is -0.280. The molecule has 0 fully saturated rings. The van der Waals surface area contributed by atoms with E-state index in [9.17, 15) is 8.78 Å². The summed E-state index contributed by atoms with van der Waals surface area (Å²) in [5.41, 5.74) is 0.680. The van der Waals surface area contributed by atoms with Crippen LogP contribution in [0, 0.1) is 11.6 Å². The average molecular weight is 251 g/mol. The van der Waals surface area contributed by atoms with Crippen molar-refractivity contribution in [3.8, 4) is 0 Å². The SMILES string of the molecule is CC(CCCl)SCc1cc(F)cc(F)c1. The number of halogens is 3. The van der Waals surface area contributed by atoms with Crippen molar-refractivity contribution < 1.29 is 8.78 Å². The third kappa shape index (κ3) is 4.85. The number of thioether (sulfide) groups is 1. The number of rotatable bonds is 5. The van der Waals surface area contributed by atoms with Crippen LogP contribution in [0.3, 0.4) is 0 Å². The Morgan fingerprint density at radius 1 is 1.27 bits per heavy atom. The highest BCUT2D eigenvalue weighted by molar-refractivity contribution is 7.99. The van der Waals surface area contributed by atoms with E-state index < -0.39 is 11.6 Å². The maximum atomic E-state index is 12.8. The van der Waals surface area contributed by atoms with Crippen LogP contribution in [0.15, 0.2) is 18.2 Å². The molecular formula is C11H13ClF2S. The van der Waals surface area contributed by atoms with Crippen LogP contribution in [-0.2, 0) is 5.75 Å². The molecule has 0 saturated heterocycles. The summed E-state index contributed by atoms with van der Waals surface area (Å²) in [6.07, 6.45) is 0.907. The van der Waals surface area contributed by atoms with E-state index in [-0.39, 0.29) is 0 Å². The molecule has 0 heterocycles. The van der Waals surface area contributed by atoms with Gasteiger partial charge >= 0.3 is 0 Å². The summed E-state index contributed by atoms with van der Waals surface area (Å²) >= 11 is 7.25. The summed E-state index contributed by atoms with van der Waals surface area (Å²) in [6.45, 7) is 2.06. The summed E-state index contributed by atoms with van der Waals surface area (Å²) in [5.74, 6) is 0.199. The van der Waals surface area contributed by atoms with Gasteiger partial charge in [-0.05, 0) is 24.1 Å². The van der Waals surface area contributed by atoms with E-state index in [4.69, 9.17) is 11.6 Å². The molecule has 0 aliphatic carbocycles. The lowest BCUT2D eigenvalue weighted by Crippen LogP contribution is -1.98. The van der Waals surface area contributed by atoms with Gasteiger partial charge < -0.3 is 0 Å². The molecule has 0 aliphatic rings. The summed E-state index contributed by atoms with van der Waals surface area (Å²) in [7, 11) is 0. The van der Waals surface area contributed by atoms with Crippen molar-refractivity contribution in [3.63, 3.8) is 0 Å². The molecule has 1 aromatic carbocycles. The van der Waals surface area contributed by atoms with E-state index in [1.807, 2.05) is 0 Å². The van der Waals surface area contributed by atoms with Crippen molar-refractivity contribution in [2.24, 2.45) is 0 Å². The molecule has 1 rings (SSSR count). The Morgan fingerprint density at radius 3 is 2.40 bits per heavy atom. The van der Waals surface area contributed by atoms with Gasteiger partial charge in [-0.1, -0.05) is 6.92 Å². The molecule has 0 saturated carbocycles. The molecule has 0 N–H and O–H groups in total. The summed E-state index contributed by atoms with van der Waals surface area (Å²) < 4.78 is 25.7. The fraction of sp³-hybridized carbons (Fsp3) is 0.455. The Balaban J connectivity index is 2.50. The first kappa shape index (κ1) is 12.8. The minimum absolute atomic E-state index is 0.411. The fourth-order valence-corrected chi connectivity index (χ4v) is 2.55.